The fourth-order valence-corrected chi connectivity index (χ4v) is 3.11. The predicted molar refractivity (Wildman–Crippen MR) is 90.8 cm³/mol. The standard InChI is InChI=1S/C17H17FN2O3S/c1-24(22)14-5-2-11(3-6-14)15-7-4-12(8-16(15)18)20-10-13(9-19)23-17(20)21/h2-8,13H,9-10,19H2,1H3. The minimum atomic E-state index is -1.07. The van der Waals surface area contributed by atoms with Crippen molar-refractivity contribution in [2.45, 2.75) is 11.0 Å². The number of nitrogens with zero attached hydrogens (tertiary/aromatic N) is 1. The van der Waals surface area contributed by atoms with Gasteiger partial charge in [-0.05, 0) is 59.2 Å². The summed E-state index contributed by atoms with van der Waals surface area (Å²) in [5.74, 6) is -0.443. The van der Waals surface area contributed by atoms with Crippen molar-refractivity contribution < 1.29 is 18.5 Å². The summed E-state index contributed by atoms with van der Waals surface area (Å²) in [6.45, 7) is 0.541. The van der Waals surface area contributed by atoms with Crippen LogP contribution in [0.25, 0.3) is 11.1 Å². The number of anilines is 1. The average molecular weight is 348 g/mol. The third kappa shape index (κ3) is 3.24. The molecule has 1 aliphatic heterocycles. The maximum Gasteiger partial charge on any atom is 0.414 e. The number of nitrogens with two attached hydrogens (primary N) is 1. The van der Waals surface area contributed by atoms with Gasteiger partial charge in [0, 0.05) is 12.1 Å². The van der Waals surface area contributed by atoms with E-state index >= 15 is 0 Å². The van der Waals surface area contributed by atoms with Gasteiger partial charge in [0.1, 0.15) is 18.2 Å². The number of amides is 1. The molecule has 7 heteroatoms. The molecule has 1 amide bonds. The number of hydrogen-bond acceptors (Lipinski definition) is 4. The molecule has 2 atom stereocenters. The molecule has 3 rings (SSSR count). The van der Waals surface area contributed by atoms with Crippen LogP contribution in [-0.2, 0) is 15.9 Å². The van der Waals surface area contributed by atoms with Gasteiger partial charge in [-0.15, -0.1) is 0 Å². The van der Waals surface area contributed by atoms with Gasteiger partial charge in [0.15, 0.2) is 4.90 Å². The third-order valence-electron chi connectivity index (χ3n) is 3.90. The van der Waals surface area contributed by atoms with Gasteiger partial charge in [0.25, 0.3) is 0 Å². The molecule has 126 valence electrons. The molecule has 2 N–H and O–H groups in total. The van der Waals surface area contributed by atoms with Crippen LogP contribution >= 0.6 is 0 Å². The number of ether oxygens (including phenoxy) is 1. The van der Waals surface area contributed by atoms with Crippen molar-refractivity contribution in [2.75, 3.05) is 24.2 Å². The van der Waals surface area contributed by atoms with Gasteiger partial charge >= 0.3 is 6.09 Å². The van der Waals surface area contributed by atoms with Crippen LogP contribution in [0.4, 0.5) is 14.9 Å². The molecule has 0 radical (unpaired) electrons. The van der Waals surface area contributed by atoms with Gasteiger partial charge in [-0.25, -0.2) is 9.18 Å². The largest absolute Gasteiger partial charge is 0.612 e. The van der Waals surface area contributed by atoms with Crippen molar-refractivity contribution in [3.05, 3.63) is 48.3 Å². The molecular formula is C17H17FN2O3S. The topological polar surface area (TPSA) is 78.6 Å². The lowest BCUT2D eigenvalue weighted by Crippen LogP contribution is -2.27. The highest BCUT2D eigenvalue weighted by Gasteiger charge is 2.31. The van der Waals surface area contributed by atoms with E-state index < -0.39 is 23.1 Å². The van der Waals surface area contributed by atoms with E-state index in [2.05, 4.69) is 0 Å². The Hall–Kier alpha value is -2.09. The van der Waals surface area contributed by atoms with Crippen molar-refractivity contribution >= 4 is 23.0 Å². The van der Waals surface area contributed by atoms with Crippen molar-refractivity contribution in [1.82, 2.24) is 0 Å². The Kier molecular flexibility index (Phi) is 4.75. The lowest BCUT2D eigenvalue weighted by atomic mass is 10.0. The first kappa shape index (κ1) is 16.8. The predicted octanol–water partition coefficient (Wildman–Crippen LogP) is 2.51. The first-order valence-corrected chi connectivity index (χ1v) is 8.97. The minimum absolute atomic E-state index is 0.230. The number of carbonyl (C=O) groups is 1. The van der Waals surface area contributed by atoms with Gasteiger partial charge in [-0.2, -0.15) is 0 Å². The maximum absolute atomic E-state index is 14.5. The van der Waals surface area contributed by atoms with Crippen LogP contribution in [-0.4, -0.2) is 36.1 Å². The second kappa shape index (κ2) is 6.80. The van der Waals surface area contributed by atoms with Crippen LogP contribution in [0.5, 0.6) is 0 Å². The first-order chi connectivity index (χ1) is 11.5. The van der Waals surface area contributed by atoms with Crippen LogP contribution in [0.1, 0.15) is 0 Å². The molecule has 1 saturated heterocycles. The van der Waals surface area contributed by atoms with Crippen LogP contribution < -0.4 is 10.6 Å². The fourth-order valence-electron chi connectivity index (χ4n) is 2.59. The van der Waals surface area contributed by atoms with E-state index in [1.54, 1.807) is 42.7 Å². The lowest BCUT2D eigenvalue weighted by Gasteiger charge is -2.14. The molecule has 2 aromatic rings. The van der Waals surface area contributed by atoms with Crippen molar-refractivity contribution in [3.8, 4) is 11.1 Å². The highest BCUT2D eigenvalue weighted by atomic mass is 32.2. The zero-order chi connectivity index (χ0) is 17.3. The van der Waals surface area contributed by atoms with E-state index in [4.69, 9.17) is 10.5 Å². The van der Waals surface area contributed by atoms with E-state index in [0.29, 0.717) is 28.3 Å². The van der Waals surface area contributed by atoms with Crippen LogP contribution in [0, 0.1) is 5.82 Å². The molecule has 5 nitrogen and oxygen atoms in total. The number of cyclic esters (lactones) is 1. The summed E-state index contributed by atoms with van der Waals surface area (Å²) in [5, 5.41) is 0. The van der Waals surface area contributed by atoms with Gasteiger partial charge in [-0.3, -0.25) is 4.90 Å². The molecule has 0 aromatic heterocycles. The fraction of sp³-hybridized carbons (Fsp3) is 0.235. The Balaban J connectivity index is 1.86. The Bertz CT molecular complexity index is 752. The molecule has 0 saturated carbocycles. The van der Waals surface area contributed by atoms with Crippen LogP contribution in [0.2, 0.25) is 0 Å². The summed E-state index contributed by atoms with van der Waals surface area (Å²) in [5.41, 5.74) is 7.02. The number of hydrogen-bond donors (Lipinski definition) is 1. The molecule has 1 fully saturated rings. The van der Waals surface area contributed by atoms with Gasteiger partial charge in [0.2, 0.25) is 0 Å². The van der Waals surface area contributed by atoms with Gasteiger partial charge in [0.05, 0.1) is 12.2 Å². The number of halogens is 1. The number of carbonyl (C=O) groups excluding carboxylic acids is 1. The Labute approximate surface area is 142 Å². The molecule has 0 spiro atoms. The Morgan fingerprint density at radius 3 is 2.58 bits per heavy atom. The Morgan fingerprint density at radius 2 is 2.04 bits per heavy atom. The normalized spacial score (nSPS) is 18.6. The van der Waals surface area contributed by atoms with E-state index in [-0.39, 0.29) is 12.6 Å². The van der Waals surface area contributed by atoms with Crippen LogP contribution in [0.3, 0.4) is 0 Å². The highest BCUT2D eigenvalue weighted by Crippen LogP contribution is 2.29. The number of benzene rings is 2. The monoisotopic (exact) mass is 348 g/mol. The molecule has 2 unspecified atom stereocenters. The van der Waals surface area contributed by atoms with Crippen molar-refractivity contribution in [3.63, 3.8) is 0 Å². The third-order valence-corrected chi connectivity index (χ3v) is 4.83. The van der Waals surface area contributed by atoms with Crippen LogP contribution in [0.15, 0.2) is 47.4 Å². The number of rotatable bonds is 4. The molecule has 1 heterocycles. The second-order valence-corrected chi connectivity index (χ2v) is 6.87. The molecule has 24 heavy (non-hydrogen) atoms. The summed E-state index contributed by atoms with van der Waals surface area (Å²) < 4.78 is 31.0. The SMILES string of the molecule is C[S+]([O-])c1ccc(-c2ccc(N3CC(CN)OC3=O)cc2F)cc1. The molecule has 1 aliphatic rings. The maximum atomic E-state index is 14.5. The Morgan fingerprint density at radius 1 is 1.33 bits per heavy atom. The summed E-state index contributed by atoms with van der Waals surface area (Å²) in [6.07, 6.45) is 0.698. The highest BCUT2D eigenvalue weighted by molar-refractivity contribution is 7.90. The zero-order valence-electron chi connectivity index (χ0n) is 13.1. The van der Waals surface area contributed by atoms with Crippen molar-refractivity contribution in [1.29, 1.82) is 0 Å². The first-order valence-electron chi connectivity index (χ1n) is 7.41. The summed E-state index contributed by atoms with van der Waals surface area (Å²) >= 11 is -1.07. The van der Waals surface area contributed by atoms with E-state index in [1.807, 2.05) is 0 Å². The lowest BCUT2D eigenvalue weighted by molar-refractivity contribution is 0.145. The molecule has 2 aromatic carbocycles. The summed E-state index contributed by atoms with van der Waals surface area (Å²) in [6, 6.07) is 11.5. The molecule has 0 bridgehead atoms. The summed E-state index contributed by atoms with van der Waals surface area (Å²) in [4.78, 5) is 13.9. The average Bonchev–Trinajstić information content (AvgIpc) is 2.96. The minimum Gasteiger partial charge on any atom is -0.612 e. The van der Waals surface area contributed by atoms with E-state index in [9.17, 15) is 13.7 Å². The van der Waals surface area contributed by atoms with Gasteiger partial charge in [-0.1, -0.05) is 0 Å². The van der Waals surface area contributed by atoms with Crippen molar-refractivity contribution in [2.24, 2.45) is 5.73 Å². The molecular weight excluding hydrogens is 331 g/mol. The zero-order valence-corrected chi connectivity index (χ0v) is 13.9. The summed E-state index contributed by atoms with van der Waals surface area (Å²) in [7, 11) is 0. The quantitative estimate of drug-likeness (QED) is 0.861. The van der Waals surface area contributed by atoms with Gasteiger partial charge < -0.3 is 15.0 Å². The second-order valence-electron chi connectivity index (χ2n) is 5.49. The smallest absolute Gasteiger partial charge is 0.414 e. The van der Waals surface area contributed by atoms with E-state index in [0.717, 1.165) is 0 Å². The van der Waals surface area contributed by atoms with E-state index in [1.165, 1.54) is 11.0 Å². The molecule has 0 aliphatic carbocycles.